The van der Waals surface area contributed by atoms with Crippen molar-refractivity contribution in [1.29, 1.82) is 0 Å². The molecule has 2 heterocycles. The van der Waals surface area contributed by atoms with E-state index in [1.165, 1.54) is 23.4 Å². The van der Waals surface area contributed by atoms with Crippen molar-refractivity contribution in [3.8, 4) is 5.88 Å². The Labute approximate surface area is 153 Å². The predicted molar refractivity (Wildman–Crippen MR) is 87.7 cm³/mol. The van der Waals surface area contributed by atoms with Crippen LogP contribution in [0.3, 0.4) is 0 Å². The third-order valence-corrected chi connectivity index (χ3v) is 4.34. The van der Waals surface area contributed by atoms with Gasteiger partial charge in [0.05, 0.1) is 23.4 Å². The highest BCUT2D eigenvalue weighted by atomic mass is 19.4. The van der Waals surface area contributed by atoms with Crippen LogP contribution in [-0.4, -0.2) is 40.0 Å². The number of hydrogen-bond donors (Lipinski definition) is 0. The average Bonchev–Trinajstić information content (AvgIpc) is 3.11. The van der Waals surface area contributed by atoms with E-state index in [1.54, 1.807) is 6.92 Å². The number of likely N-dealkylation sites (tertiary alicyclic amines) is 1. The van der Waals surface area contributed by atoms with Crippen molar-refractivity contribution in [3.05, 3.63) is 53.2 Å². The number of rotatable bonds is 4. The molecule has 1 saturated heterocycles. The van der Waals surface area contributed by atoms with Crippen molar-refractivity contribution in [2.45, 2.75) is 32.0 Å². The molecular formula is C18H17F4N3O2. The maximum atomic E-state index is 14.2. The highest BCUT2D eigenvalue weighted by molar-refractivity contribution is 5.96. The molecule has 27 heavy (non-hydrogen) atoms. The third kappa shape index (κ3) is 4.01. The van der Waals surface area contributed by atoms with E-state index in [0.717, 1.165) is 12.1 Å². The lowest BCUT2D eigenvalue weighted by atomic mass is 10.1. The lowest BCUT2D eigenvalue weighted by Gasteiger charge is -2.19. The monoisotopic (exact) mass is 383 g/mol. The van der Waals surface area contributed by atoms with Crippen LogP contribution in [-0.2, 0) is 12.6 Å². The van der Waals surface area contributed by atoms with Crippen LogP contribution in [0.4, 0.5) is 17.6 Å². The predicted octanol–water partition coefficient (Wildman–Crippen LogP) is 3.49. The van der Waals surface area contributed by atoms with Crippen LogP contribution in [0.15, 0.2) is 30.6 Å². The van der Waals surface area contributed by atoms with Gasteiger partial charge in [-0.1, -0.05) is 19.1 Å². The number of aryl methyl sites for hydroxylation is 1. The van der Waals surface area contributed by atoms with Crippen LogP contribution >= 0.6 is 0 Å². The highest BCUT2D eigenvalue weighted by Gasteiger charge is 2.37. The van der Waals surface area contributed by atoms with Crippen LogP contribution < -0.4 is 4.74 Å². The first kappa shape index (κ1) is 19.1. The van der Waals surface area contributed by atoms with Gasteiger partial charge < -0.3 is 9.64 Å². The molecule has 0 radical (unpaired) electrons. The summed E-state index contributed by atoms with van der Waals surface area (Å²) >= 11 is 0. The lowest BCUT2D eigenvalue weighted by Crippen LogP contribution is -2.32. The standard InChI is InChI=1S/C18H17F4N3O2/c1-2-14-15(19)16(24-10-23-14)27-11-7-8-25(9-11)17(26)12-5-3-4-6-13(12)18(20,21)22/h3-6,10-11H,2,7-9H2,1H3/t11-/m0/s1. The fraction of sp³-hybridized carbons (Fsp3) is 0.389. The molecule has 1 aliphatic rings. The summed E-state index contributed by atoms with van der Waals surface area (Å²) in [5.74, 6) is -1.60. The van der Waals surface area contributed by atoms with Gasteiger partial charge >= 0.3 is 6.18 Å². The first-order valence-corrected chi connectivity index (χ1v) is 8.42. The molecule has 1 aliphatic heterocycles. The average molecular weight is 383 g/mol. The molecule has 144 valence electrons. The topological polar surface area (TPSA) is 55.3 Å². The number of ether oxygens (including phenoxy) is 1. The maximum absolute atomic E-state index is 14.2. The summed E-state index contributed by atoms with van der Waals surface area (Å²) in [5.41, 5.74) is -1.18. The molecule has 2 aromatic rings. The van der Waals surface area contributed by atoms with Crippen molar-refractivity contribution in [3.63, 3.8) is 0 Å². The molecular weight excluding hydrogens is 366 g/mol. The van der Waals surface area contributed by atoms with E-state index in [4.69, 9.17) is 4.74 Å². The van der Waals surface area contributed by atoms with Gasteiger partial charge in [-0.15, -0.1) is 0 Å². The second-order valence-electron chi connectivity index (χ2n) is 6.12. The minimum Gasteiger partial charge on any atom is -0.470 e. The van der Waals surface area contributed by atoms with Crippen LogP contribution in [0, 0.1) is 5.82 Å². The fourth-order valence-corrected chi connectivity index (χ4v) is 2.97. The van der Waals surface area contributed by atoms with Crippen LogP contribution in [0.1, 0.15) is 35.0 Å². The van der Waals surface area contributed by atoms with Gasteiger partial charge in [0.2, 0.25) is 5.82 Å². The Morgan fingerprint density at radius 2 is 2.04 bits per heavy atom. The quantitative estimate of drug-likeness (QED) is 0.759. The normalized spacial score (nSPS) is 17.2. The molecule has 0 spiro atoms. The molecule has 1 fully saturated rings. The van der Waals surface area contributed by atoms with Crippen LogP contribution in [0.5, 0.6) is 5.88 Å². The summed E-state index contributed by atoms with van der Waals surface area (Å²) < 4.78 is 59.1. The van der Waals surface area contributed by atoms with E-state index >= 15 is 0 Å². The maximum Gasteiger partial charge on any atom is 0.417 e. The number of benzene rings is 1. The summed E-state index contributed by atoms with van der Waals surface area (Å²) in [6, 6.07) is 4.64. The van der Waals surface area contributed by atoms with E-state index in [1.807, 2.05) is 0 Å². The highest BCUT2D eigenvalue weighted by Crippen LogP contribution is 2.33. The van der Waals surface area contributed by atoms with Crippen LogP contribution in [0.25, 0.3) is 0 Å². The number of nitrogens with zero attached hydrogens (tertiary/aromatic N) is 3. The molecule has 0 N–H and O–H groups in total. The lowest BCUT2D eigenvalue weighted by molar-refractivity contribution is -0.138. The van der Waals surface area contributed by atoms with E-state index < -0.39 is 35.1 Å². The number of hydrogen-bond acceptors (Lipinski definition) is 4. The second-order valence-corrected chi connectivity index (χ2v) is 6.12. The van der Waals surface area contributed by atoms with Crippen molar-refractivity contribution in [1.82, 2.24) is 14.9 Å². The number of carbonyl (C=O) groups excluding carboxylic acids is 1. The molecule has 0 saturated carbocycles. The van der Waals surface area contributed by atoms with Crippen molar-refractivity contribution < 1.29 is 27.1 Å². The minimum absolute atomic E-state index is 0.0515. The van der Waals surface area contributed by atoms with E-state index in [9.17, 15) is 22.4 Å². The summed E-state index contributed by atoms with van der Waals surface area (Å²) in [6.45, 7) is 2.00. The van der Waals surface area contributed by atoms with Gasteiger partial charge in [0.15, 0.2) is 0 Å². The minimum atomic E-state index is -4.62. The smallest absolute Gasteiger partial charge is 0.417 e. The number of halogens is 4. The van der Waals surface area contributed by atoms with Gasteiger partial charge in [-0.05, 0) is 18.6 Å². The summed E-state index contributed by atoms with van der Waals surface area (Å²) in [7, 11) is 0. The number of carbonyl (C=O) groups is 1. The third-order valence-electron chi connectivity index (χ3n) is 4.34. The Kier molecular flexibility index (Phi) is 5.29. The molecule has 9 heteroatoms. The first-order valence-electron chi connectivity index (χ1n) is 8.42. The largest absolute Gasteiger partial charge is 0.470 e. The van der Waals surface area contributed by atoms with Crippen molar-refractivity contribution in [2.75, 3.05) is 13.1 Å². The Hall–Kier alpha value is -2.71. The molecule has 1 amide bonds. The van der Waals surface area contributed by atoms with Gasteiger partial charge in [-0.25, -0.2) is 4.98 Å². The number of alkyl halides is 3. The first-order chi connectivity index (χ1) is 12.8. The van der Waals surface area contributed by atoms with Gasteiger partial charge in [0.1, 0.15) is 12.4 Å². The van der Waals surface area contributed by atoms with Gasteiger partial charge in [-0.2, -0.15) is 22.5 Å². The molecule has 5 nitrogen and oxygen atoms in total. The van der Waals surface area contributed by atoms with Crippen molar-refractivity contribution in [2.24, 2.45) is 0 Å². The molecule has 0 unspecified atom stereocenters. The van der Waals surface area contributed by atoms with Crippen molar-refractivity contribution >= 4 is 5.91 Å². The molecule has 0 bridgehead atoms. The van der Waals surface area contributed by atoms with Gasteiger partial charge in [-0.3, -0.25) is 4.79 Å². The summed E-state index contributed by atoms with van der Waals surface area (Å²) in [5, 5.41) is 0. The van der Waals surface area contributed by atoms with Gasteiger partial charge in [0.25, 0.3) is 11.8 Å². The zero-order valence-electron chi connectivity index (χ0n) is 14.5. The molecule has 1 atom stereocenters. The molecule has 1 aromatic heterocycles. The SMILES string of the molecule is CCc1ncnc(O[C@H]2CCN(C(=O)c3ccccc3C(F)(F)F)C2)c1F. The zero-order valence-corrected chi connectivity index (χ0v) is 14.5. The Bertz CT molecular complexity index is 842. The molecule has 0 aliphatic carbocycles. The number of aromatic nitrogens is 2. The van der Waals surface area contributed by atoms with E-state index in [2.05, 4.69) is 9.97 Å². The van der Waals surface area contributed by atoms with Gasteiger partial charge in [0, 0.05) is 13.0 Å². The van der Waals surface area contributed by atoms with E-state index in [0.29, 0.717) is 12.8 Å². The Balaban J connectivity index is 1.73. The Morgan fingerprint density at radius 1 is 1.30 bits per heavy atom. The Morgan fingerprint density at radius 3 is 2.74 bits per heavy atom. The second kappa shape index (κ2) is 7.50. The zero-order chi connectivity index (χ0) is 19.6. The number of amides is 1. The van der Waals surface area contributed by atoms with E-state index in [-0.39, 0.29) is 24.7 Å². The summed E-state index contributed by atoms with van der Waals surface area (Å²) in [4.78, 5) is 21.4. The molecule has 1 aromatic carbocycles. The summed E-state index contributed by atoms with van der Waals surface area (Å²) in [6.07, 6.45) is -3.25. The fourth-order valence-electron chi connectivity index (χ4n) is 2.97. The van der Waals surface area contributed by atoms with Crippen LogP contribution in [0.2, 0.25) is 0 Å². The molecule has 3 rings (SSSR count).